The fraction of sp³-hybridized carbons (Fsp3) is 0.619. The van der Waals surface area contributed by atoms with Crippen molar-refractivity contribution in [1.29, 1.82) is 0 Å². The number of benzene rings is 1. The average Bonchev–Trinajstić information content (AvgIpc) is 2.94. The third kappa shape index (κ3) is 3.05. The van der Waals surface area contributed by atoms with Gasteiger partial charge < -0.3 is 0 Å². The van der Waals surface area contributed by atoms with Crippen LogP contribution in [0.4, 0.5) is 0 Å². The SMILES string of the molecule is CC1(C)C(/C=[CH]/[Sn]([CH3])([CH3])[CH3])C2CCCC2C1c1ccccc1. The maximum atomic E-state index is 2.67. The number of hydrogen-bond donors (Lipinski definition) is 0. The molecule has 0 bridgehead atoms. The minimum absolute atomic E-state index is 0.394. The van der Waals surface area contributed by atoms with E-state index in [1.165, 1.54) is 19.3 Å². The number of hydrogen-bond acceptors (Lipinski definition) is 0. The zero-order valence-electron chi connectivity index (χ0n) is 15.0. The minimum atomic E-state index is -1.83. The van der Waals surface area contributed by atoms with E-state index in [0.29, 0.717) is 5.41 Å². The van der Waals surface area contributed by atoms with Crippen molar-refractivity contribution in [3.05, 3.63) is 46.1 Å². The molecule has 0 N–H and O–H groups in total. The van der Waals surface area contributed by atoms with Crippen LogP contribution in [0, 0.1) is 23.2 Å². The molecule has 4 atom stereocenters. The molecule has 2 saturated carbocycles. The van der Waals surface area contributed by atoms with Crippen LogP contribution in [0.2, 0.25) is 14.8 Å². The molecule has 0 aromatic heterocycles. The van der Waals surface area contributed by atoms with Crippen molar-refractivity contribution in [2.75, 3.05) is 0 Å². The molecule has 2 aliphatic carbocycles. The molecule has 120 valence electrons. The maximum absolute atomic E-state index is 2.67. The Balaban J connectivity index is 1.97. The van der Waals surface area contributed by atoms with Crippen LogP contribution in [0.1, 0.15) is 44.6 Å². The molecule has 0 nitrogen and oxygen atoms in total. The molecule has 0 saturated heterocycles. The van der Waals surface area contributed by atoms with E-state index in [1.54, 1.807) is 5.56 Å². The summed E-state index contributed by atoms with van der Waals surface area (Å²) in [6.45, 7) is 5.08. The Kier molecular flexibility index (Phi) is 4.53. The van der Waals surface area contributed by atoms with Gasteiger partial charge in [0.1, 0.15) is 0 Å². The topological polar surface area (TPSA) is 0 Å². The molecular weight excluding hydrogens is 371 g/mol. The van der Waals surface area contributed by atoms with E-state index >= 15 is 0 Å². The molecule has 3 rings (SSSR count). The van der Waals surface area contributed by atoms with Gasteiger partial charge in [-0.15, -0.1) is 0 Å². The number of allylic oxidation sites excluding steroid dienone is 1. The van der Waals surface area contributed by atoms with Crippen LogP contribution >= 0.6 is 0 Å². The number of fused-ring (bicyclic) bond motifs is 1. The third-order valence-electron chi connectivity index (χ3n) is 6.14. The Morgan fingerprint density at radius 3 is 2.27 bits per heavy atom. The van der Waals surface area contributed by atoms with Crippen molar-refractivity contribution in [2.24, 2.45) is 23.2 Å². The zero-order chi connectivity index (χ0) is 16.0. The monoisotopic (exact) mass is 404 g/mol. The van der Waals surface area contributed by atoms with Gasteiger partial charge in [0.15, 0.2) is 0 Å². The van der Waals surface area contributed by atoms with Crippen LogP contribution in [0.3, 0.4) is 0 Å². The Bertz CT molecular complexity index is 535. The van der Waals surface area contributed by atoms with Gasteiger partial charge >= 0.3 is 141 Å². The summed E-state index contributed by atoms with van der Waals surface area (Å²) >= 11 is -1.83. The van der Waals surface area contributed by atoms with Crippen LogP contribution in [0.15, 0.2) is 40.5 Å². The molecule has 4 unspecified atom stereocenters. The van der Waals surface area contributed by atoms with E-state index in [1.807, 2.05) is 0 Å². The summed E-state index contributed by atoms with van der Waals surface area (Å²) in [5.41, 5.74) is 1.98. The van der Waals surface area contributed by atoms with Gasteiger partial charge in [-0.2, -0.15) is 0 Å². The van der Waals surface area contributed by atoms with E-state index in [4.69, 9.17) is 0 Å². The fourth-order valence-corrected chi connectivity index (χ4v) is 7.55. The molecule has 0 aliphatic heterocycles. The van der Waals surface area contributed by atoms with Crippen molar-refractivity contribution in [3.8, 4) is 0 Å². The van der Waals surface area contributed by atoms with Gasteiger partial charge in [0.05, 0.1) is 0 Å². The molecule has 2 aliphatic rings. The first-order valence-corrected chi connectivity index (χ1v) is 19.3. The summed E-state index contributed by atoms with van der Waals surface area (Å²) in [6, 6.07) is 11.4. The Morgan fingerprint density at radius 2 is 1.64 bits per heavy atom. The predicted octanol–water partition coefficient (Wildman–Crippen LogP) is 6.28. The summed E-state index contributed by atoms with van der Waals surface area (Å²) < 4.78 is 2.67. The van der Waals surface area contributed by atoms with Crippen molar-refractivity contribution < 1.29 is 0 Å². The first-order valence-electron chi connectivity index (χ1n) is 9.05. The quantitative estimate of drug-likeness (QED) is 0.522. The molecule has 0 heterocycles. The second kappa shape index (κ2) is 6.00. The fourth-order valence-electron chi connectivity index (χ4n) is 5.31. The van der Waals surface area contributed by atoms with Crippen LogP contribution in [-0.2, 0) is 0 Å². The van der Waals surface area contributed by atoms with Gasteiger partial charge in [-0.25, -0.2) is 0 Å². The van der Waals surface area contributed by atoms with E-state index in [-0.39, 0.29) is 0 Å². The van der Waals surface area contributed by atoms with Crippen LogP contribution in [-0.4, -0.2) is 18.4 Å². The van der Waals surface area contributed by atoms with E-state index in [0.717, 1.165) is 23.7 Å². The first-order chi connectivity index (χ1) is 10.3. The van der Waals surface area contributed by atoms with Gasteiger partial charge in [0, 0.05) is 0 Å². The third-order valence-corrected chi connectivity index (χ3v) is 9.54. The van der Waals surface area contributed by atoms with E-state index in [9.17, 15) is 0 Å². The molecule has 1 heteroatoms. The zero-order valence-corrected chi connectivity index (χ0v) is 17.8. The van der Waals surface area contributed by atoms with Gasteiger partial charge in [-0.1, -0.05) is 0 Å². The van der Waals surface area contributed by atoms with Crippen molar-refractivity contribution in [2.45, 2.75) is 53.8 Å². The molecule has 0 spiro atoms. The van der Waals surface area contributed by atoms with Crippen LogP contribution in [0.25, 0.3) is 0 Å². The summed E-state index contributed by atoms with van der Waals surface area (Å²) in [7, 11) is 0. The molecule has 0 amide bonds. The van der Waals surface area contributed by atoms with Crippen molar-refractivity contribution >= 4 is 18.4 Å². The average molecular weight is 403 g/mol. The molecule has 22 heavy (non-hydrogen) atoms. The van der Waals surface area contributed by atoms with E-state index < -0.39 is 18.4 Å². The van der Waals surface area contributed by atoms with Gasteiger partial charge in [0.25, 0.3) is 0 Å². The Morgan fingerprint density at radius 1 is 1.00 bits per heavy atom. The van der Waals surface area contributed by atoms with E-state index in [2.05, 4.69) is 69.2 Å². The molecule has 1 aromatic carbocycles. The first kappa shape index (κ1) is 16.6. The predicted molar refractivity (Wildman–Crippen MR) is 99.8 cm³/mol. The molecule has 0 radical (unpaired) electrons. The summed E-state index contributed by atoms with van der Waals surface area (Å²) in [4.78, 5) is 7.57. The summed E-state index contributed by atoms with van der Waals surface area (Å²) in [5.74, 6) is 3.35. The molecular formula is C21H32Sn. The second-order valence-electron chi connectivity index (χ2n) is 9.22. The standard InChI is InChI=1S/C18H23.3CH3.Sn/c1-4-16-14-11-8-12-15(14)17(18(16,2)3)13-9-6-5-7-10-13;;;;/h1,4-7,9-10,14-17H,8,11-12H2,2-3H3;3*1H3;. The van der Waals surface area contributed by atoms with Crippen molar-refractivity contribution in [3.63, 3.8) is 0 Å². The van der Waals surface area contributed by atoms with Crippen LogP contribution in [0.5, 0.6) is 0 Å². The summed E-state index contributed by atoms with van der Waals surface area (Å²) in [6.07, 6.45) is 7.00. The molecule has 1 aromatic rings. The summed E-state index contributed by atoms with van der Waals surface area (Å²) in [5, 5.41) is 0. The van der Waals surface area contributed by atoms with Crippen molar-refractivity contribution in [1.82, 2.24) is 0 Å². The van der Waals surface area contributed by atoms with Gasteiger partial charge in [-0.3, -0.25) is 0 Å². The molecule has 2 fully saturated rings. The Hall–Kier alpha value is -0.241. The normalized spacial score (nSPS) is 34.2. The van der Waals surface area contributed by atoms with Gasteiger partial charge in [0.2, 0.25) is 0 Å². The van der Waals surface area contributed by atoms with Gasteiger partial charge in [-0.05, 0) is 0 Å². The van der Waals surface area contributed by atoms with Crippen LogP contribution < -0.4 is 0 Å². The Labute approximate surface area is 141 Å². The second-order valence-corrected chi connectivity index (χ2v) is 23.7. The number of rotatable bonds is 3.